The van der Waals surface area contributed by atoms with E-state index in [4.69, 9.17) is 0 Å². The summed E-state index contributed by atoms with van der Waals surface area (Å²) >= 11 is 0. The number of hydrogen-bond acceptors (Lipinski definition) is 2. The second-order valence-corrected chi connectivity index (χ2v) is 5.71. The van der Waals surface area contributed by atoms with Crippen LogP contribution in [0.3, 0.4) is 0 Å². The molecule has 4 heteroatoms. The van der Waals surface area contributed by atoms with Crippen molar-refractivity contribution >= 4 is 11.6 Å². The average molecular weight is 298 g/mol. The minimum Gasteiger partial charge on any atom is -0.326 e. The van der Waals surface area contributed by atoms with Gasteiger partial charge in [0.1, 0.15) is 5.82 Å². The number of carbonyl (C=O) groups is 1. The molecule has 1 saturated heterocycles. The fraction of sp³-hybridized carbons (Fsp3) is 0.278. The number of benzene rings is 2. The lowest BCUT2D eigenvalue weighted by Gasteiger charge is -2.16. The molecule has 1 aliphatic rings. The molecule has 0 radical (unpaired) electrons. The largest absolute Gasteiger partial charge is 0.326 e. The van der Waals surface area contributed by atoms with Crippen molar-refractivity contribution in [2.45, 2.75) is 13.0 Å². The quantitative estimate of drug-likeness (QED) is 0.939. The molecule has 1 fully saturated rings. The van der Waals surface area contributed by atoms with Crippen LogP contribution in [0.25, 0.3) is 0 Å². The van der Waals surface area contributed by atoms with Crippen LogP contribution in [0.5, 0.6) is 0 Å². The van der Waals surface area contributed by atoms with Crippen LogP contribution >= 0.6 is 0 Å². The lowest BCUT2D eigenvalue weighted by molar-refractivity contribution is -0.119. The minimum atomic E-state index is -0.338. The molecule has 0 spiro atoms. The molecule has 2 aromatic carbocycles. The zero-order valence-electron chi connectivity index (χ0n) is 12.3. The smallest absolute Gasteiger partial charge is 0.228 e. The molecule has 3 rings (SSSR count). The molecule has 0 bridgehead atoms. The molecule has 2 aromatic rings. The van der Waals surface area contributed by atoms with Crippen LogP contribution in [0.15, 0.2) is 54.6 Å². The fourth-order valence-electron chi connectivity index (χ4n) is 2.84. The van der Waals surface area contributed by atoms with Gasteiger partial charge in [0, 0.05) is 18.8 Å². The van der Waals surface area contributed by atoms with E-state index in [9.17, 15) is 9.18 Å². The highest BCUT2D eigenvalue weighted by Crippen LogP contribution is 2.20. The first-order chi connectivity index (χ1) is 10.7. The summed E-state index contributed by atoms with van der Waals surface area (Å²) in [5.41, 5.74) is 1.78. The Morgan fingerprint density at radius 3 is 2.77 bits per heavy atom. The molecule has 3 nitrogen and oxygen atoms in total. The SMILES string of the molecule is O=C(Nc1cccc(F)c1)C1CCN(Cc2ccccc2)C1. The lowest BCUT2D eigenvalue weighted by Crippen LogP contribution is -2.26. The van der Waals surface area contributed by atoms with E-state index >= 15 is 0 Å². The van der Waals surface area contributed by atoms with E-state index in [0.29, 0.717) is 5.69 Å². The number of amides is 1. The van der Waals surface area contributed by atoms with Gasteiger partial charge in [0.05, 0.1) is 5.92 Å². The Hall–Kier alpha value is -2.20. The van der Waals surface area contributed by atoms with E-state index in [0.717, 1.165) is 26.1 Å². The van der Waals surface area contributed by atoms with Gasteiger partial charge < -0.3 is 5.32 Å². The first-order valence-electron chi connectivity index (χ1n) is 7.53. The van der Waals surface area contributed by atoms with Gasteiger partial charge in [-0.2, -0.15) is 0 Å². The zero-order chi connectivity index (χ0) is 15.4. The third kappa shape index (κ3) is 3.71. The first kappa shape index (κ1) is 14.7. The summed E-state index contributed by atoms with van der Waals surface area (Å²) < 4.78 is 13.1. The number of hydrogen-bond donors (Lipinski definition) is 1. The van der Waals surface area contributed by atoms with Crippen LogP contribution in [0.2, 0.25) is 0 Å². The predicted octanol–water partition coefficient (Wildman–Crippen LogP) is 3.29. The number of nitrogens with zero attached hydrogens (tertiary/aromatic N) is 1. The van der Waals surface area contributed by atoms with Crippen molar-refractivity contribution in [3.8, 4) is 0 Å². The molecule has 1 amide bonds. The van der Waals surface area contributed by atoms with Crippen LogP contribution in [-0.4, -0.2) is 23.9 Å². The Labute approximate surface area is 129 Å². The van der Waals surface area contributed by atoms with Gasteiger partial charge in [0.25, 0.3) is 0 Å². The number of nitrogens with one attached hydrogen (secondary N) is 1. The molecule has 1 aliphatic heterocycles. The van der Waals surface area contributed by atoms with Crippen molar-refractivity contribution in [1.29, 1.82) is 0 Å². The van der Waals surface area contributed by atoms with Gasteiger partial charge in [-0.25, -0.2) is 4.39 Å². The Kier molecular flexibility index (Phi) is 4.49. The molecule has 1 N–H and O–H groups in total. The Morgan fingerprint density at radius 1 is 1.18 bits per heavy atom. The molecule has 1 atom stereocenters. The number of rotatable bonds is 4. The van der Waals surface area contributed by atoms with Gasteiger partial charge in [0.2, 0.25) is 5.91 Å². The molecule has 0 aliphatic carbocycles. The van der Waals surface area contributed by atoms with E-state index in [2.05, 4.69) is 22.3 Å². The highest BCUT2D eigenvalue weighted by atomic mass is 19.1. The maximum Gasteiger partial charge on any atom is 0.228 e. The van der Waals surface area contributed by atoms with E-state index < -0.39 is 0 Å². The molecule has 1 unspecified atom stereocenters. The van der Waals surface area contributed by atoms with Gasteiger partial charge in [-0.05, 0) is 36.7 Å². The summed E-state index contributed by atoms with van der Waals surface area (Å²) in [6, 6.07) is 16.3. The molecular formula is C18H19FN2O. The first-order valence-corrected chi connectivity index (χ1v) is 7.53. The molecule has 1 heterocycles. The average Bonchev–Trinajstić information content (AvgIpc) is 2.97. The van der Waals surface area contributed by atoms with E-state index in [1.807, 2.05) is 18.2 Å². The Morgan fingerprint density at radius 2 is 2.00 bits per heavy atom. The zero-order valence-corrected chi connectivity index (χ0v) is 12.3. The highest BCUT2D eigenvalue weighted by molar-refractivity contribution is 5.92. The normalized spacial score (nSPS) is 18.3. The van der Waals surface area contributed by atoms with E-state index in [1.165, 1.54) is 17.7 Å². The van der Waals surface area contributed by atoms with Crippen LogP contribution in [0.1, 0.15) is 12.0 Å². The summed E-state index contributed by atoms with van der Waals surface area (Å²) in [5, 5.41) is 2.80. The van der Waals surface area contributed by atoms with Gasteiger partial charge in [-0.15, -0.1) is 0 Å². The second-order valence-electron chi connectivity index (χ2n) is 5.71. The second kappa shape index (κ2) is 6.71. The summed E-state index contributed by atoms with van der Waals surface area (Å²) in [6.45, 7) is 2.52. The van der Waals surface area contributed by atoms with E-state index in [1.54, 1.807) is 12.1 Å². The summed E-state index contributed by atoms with van der Waals surface area (Å²) in [7, 11) is 0. The van der Waals surface area contributed by atoms with Gasteiger partial charge in [-0.3, -0.25) is 9.69 Å². The van der Waals surface area contributed by atoms with Crippen LogP contribution < -0.4 is 5.32 Å². The lowest BCUT2D eigenvalue weighted by atomic mass is 10.1. The molecule has 0 aromatic heterocycles. The maximum atomic E-state index is 13.1. The third-order valence-electron chi connectivity index (χ3n) is 3.98. The summed E-state index contributed by atoms with van der Waals surface area (Å²) in [5.74, 6) is -0.400. The molecule has 0 saturated carbocycles. The van der Waals surface area contributed by atoms with Gasteiger partial charge in [0.15, 0.2) is 0 Å². The standard InChI is InChI=1S/C18H19FN2O/c19-16-7-4-8-17(11-16)20-18(22)15-9-10-21(13-15)12-14-5-2-1-3-6-14/h1-8,11,15H,9-10,12-13H2,(H,20,22). The van der Waals surface area contributed by atoms with Gasteiger partial charge >= 0.3 is 0 Å². The number of anilines is 1. The number of carbonyl (C=O) groups excluding carboxylic acids is 1. The van der Waals surface area contributed by atoms with Crippen molar-refractivity contribution in [2.24, 2.45) is 5.92 Å². The number of halogens is 1. The Balaban J connectivity index is 1.55. The van der Waals surface area contributed by atoms with Crippen molar-refractivity contribution in [1.82, 2.24) is 4.90 Å². The van der Waals surface area contributed by atoms with Crippen molar-refractivity contribution < 1.29 is 9.18 Å². The monoisotopic (exact) mass is 298 g/mol. The highest BCUT2D eigenvalue weighted by Gasteiger charge is 2.28. The molecule has 22 heavy (non-hydrogen) atoms. The fourth-order valence-corrected chi connectivity index (χ4v) is 2.84. The van der Waals surface area contributed by atoms with Crippen LogP contribution in [0, 0.1) is 11.7 Å². The topological polar surface area (TPSA) is 32.3 Å². The summed E-state index contributed by atoms with van der Waals surface area (Å²) in [6.07, 6.45) is 0.841. The van der Waals surface area contributed by atoms with Crippen LogP contribution in [0.4, 0.5) is 10.1 Å². The Bertz CT molecular complexity index is 645. The molecule has 114 valence electrons. The van der Waals surface area contributed by atoms with Gasteiger partial charge in [-0.1, -0.05) is 36.4 Å². The predicted molar refractivity (Wildman–Crippen MR) is 84.9 cm³/mol. The minimum absolute atomic E-state index is 0.0267. The number of likely N-dealkylation sites (tertiary alicyclic amines) is 1. The summed E-state index contributed by atoms with van der Waals surface area (Å²) in [4.78, 5) is 14.5. The third-order valence-corrected chi connectivity index (χ3v) is 3.98. The maximum absolute atomic E-state index is 13.1. The van der Waals surface area contributed by atoms with Crippen molar-refractivity contribution in [2.75, 3.05) is 18.4 Å². The van der Waals surface area contributed by atoms with Crippen molar-refractivity contribution in [3.63, 3.8) is 0 Å². The van der Waals surface area contributed by atoms with E-state index in [-0.39, 0.29) is 17.6 Å². The molecular weight excluding hydrogens is 279 g/mol. The van der Waals surface area contributed by atoms with Crippen LogP contribution in [-0.2, 0) is 11.3 Å². The van der Waals surface area contributed by atoms with Crippen molar-refractivity contribution in [3.05, 3.63) is 66.0 Å².